The average molecular weight is 542 g/mol. The van der Waals surface area contributed by atoms with E-state index in [-0.39, 0.29) is 19.4 Å². The number of imidazole rings is 1. The van der Waals surface area contributed by atoms with Crippen molar-refractivity contribution in [1.29, 1.82) is 0 Å². The van der Waals surface area contributed by atoms with E-state index in [1.165, 1.54) is 12.5 Å². The van der Waals surface area contributed by atoms with Crippen molar-refractivity contribution in [3.05, 3.63) is 48.3 Å². The molecule has 0 unspecified atom stereocenters. The van der Waals surface area contributed by atoms with E-state index in [4.69, 9.17) is 5.73 Å². The van der Waals surface area contributed by atoms with Crippen LogP contribution in [0.15, 0.2) is 41.7 Å². The van der Waals surface area contributed by atoms with Crippen LogP contribution in [0.2, 0.25) is 0 Å². The van der Waals surface area contributed by atoms with Gasteiger partial charge in [0.1, 0.15) is 17.9 Å². The SMILES string of the molecule is NC(=O)C[C@H](NC(=O)NS(=O)(=O)c1ccc(F)cc1)C(=O)NCCC(=O)N[C@@H](Cc1cnc[nH]1)C(=O)O. The van der Waals surface area contributed by atoms with Crippen molar-refractivity contribution in [3.8, 4) is 0 Å². The summed E-state index contributed by atoms with van der Waals surface area (Å²) in [5.74, 6) is -4.67. The fourth-order valence-electron chi connectivity index (χ4n) is 2.90. The molecule has 17 heteroatoms. The summed E-state index contributed by atoms with van der Waals surface area (Å²) in [6.45, 7) is -0.312. The van der Waals surface area contributed by atoms with Gasteiger partial charge < -0.3 is 31.8 Å². The normalized spacial score (nSPS) is 12.6. The fourth-order valence-corrected chi connectivity index (χ4v) is 3.81. The van der Waals surface area contributed by atoms with Crippen LogP contribution in [0, 0.1) is 5.82 Å². The Hall–Kier alpha value is -4.54. The van der Waals surface area contributed by atoms with Crippen LogP contribution in [0.3, 0.4) is 0 Å². The molecule has 15 nitrogen and oxygen atoms in total. The van der Waals surface area contributed by atoms with Gasteiger partial charge in [0.05, 0.1) is 17.6 Å². The van der Waals surface area contributed by atoms with E-state index in [9.17, 15) is 41.9 Å². The molecular weight excluding hydrogens is 517 g/mol. The summed E-state index contributed by atoms with van der Waals surface area (Å²) in [7, 11) is -4.43. The molecule has 37 heavy (non-hydrogen) atoms. The lowest BCUT2D eigenvalue weighted by molar-refractivity contribution is -0.141. The first-order valence-corrected chi connectivity index (χ1v) is 12.0. The van der Waals surface area contributed by atoms with Gasteiger partial charge in [-0.15, -0.1) is 0 Å². The zero-order valence-corrected chi connectivity index (χ0v) is 19.9. The Morgan fingerprint density at radius 2 is 1.76 bits per heavy atom. The number of carbonyl (C=O) groups excluding carboxylic acids is 4. The number of primary amides is 1. The number of hydrogen-bond donors (Lipinski definition) is 7. The van der Waals surface area contributed by atoms with Gasteiger partial charge in [-0.3, -0.25) is 14.4 Å². The first-order chi connectivity index (χ1) is 17.4. The van der Waals surface area contributed by atoms with Crippen molar-refractivity contribution in [1.82, 2.24) is 30.6 Å². The van der Waals surface area contributed by atoms with Crippen LogP contribution in [0.1, 0.15) is 18.5 Å². The minimum absolute atomic E-state index is 0.0615. The molecule has 0 aliphatic heterocycles. The van der Waals surface area contributed by atoms with E-state index in [0.29, 0.717) is 5.69 Å². The summed E-state index contributed by atoms with van der Waals surface area (Å²) in [6.07, 6.45) is 1.63. The molecule has 1 aromatic heterocycles. The predicted octanol–water partition coefficient (Wildman–Crippen LogP) is -1.90. The monoisotopic (exact) mass is 541 g/mol. The number of rotatable bonds is 13. The number of halogens is 1. The molecule has 1 heterocycles. The number of aromatic nitrogens is 2. The molecule has 0 bridgehead atoms. The lowest BCUT2D eigenvalue weighted by Crippen LogP contribution is -2.52. The van der Waals surface area contributed by atoms with E-state index in [2.05, 4.69) is 20.6 Å². The Balaban J connectivity index is 1.90. The number of sulfonamides is 1. The number of nitrogens with one attached hydrogen (secondary N) is 5. The molecule has 200 valence electrons. The third-order valence-corrected chi connectivity index (χ3v) is 5.99. The van der Waals surface area contributed by atoms with Crippen LogP contribution < -0.4 is 26.4 Å². The summed E-state index contributed by atoms with van der Waals surface area (Å²) < 4.78 is 39.1. The van der Waals surface area contributed by atoms with E-state index in [1.54, 1.807) is 4.72 Å². The van der Waals surface area contributed by atoms with E-state index in [0.717, 1.165) is 24.3 Å². The molecule has 0 aliphatic carbocycles. The molecule has 1 aromatic carbocycles. The Morgan fingerprint density at radius 1 is 1.08 bits per heavy atom. The van der Waals surface area contributed by atoms with E-state index >= 15 is 0 Å². The van der Waals surface area contributed by atoms with Crippen molar-refractivity contribution in [2.75, 3.05) is 6.54 Å². The number of aliphatic carboxylic acids is 1. The second-order valence-electron chi connectivity index (χ2n) is 7.54. The Kier molecular flexibility index (Phi) is 10.1. The maximum atomic E-state index is 13.0. The van der Waals surface area contributed by atoms with E-state index < -0.39 is 69.0 Å². The third-order valence-electron chi connectivity index (χ3n) is 4.64. The number of carboxylic acids is 1. The number of nitrogens with zero attached hydrogens (tertiary/aromatic N) is 1. The van der Waals surface area contributed by atoms with Crippen molar-refractivity contribution < 1.29 is 41.9 Å². The standard InChI is InChI=1S/C20H24FN7O8S/c21-11-1-3-13(4-2-11)37(35,36)28-20(34)27-14(8-16(22)29)18(31)24-6-5-17(30)26-15(19(32)33)7-12-9-23-10-25-12/h1-4,9-10,14-15H,5-8H2,(H2,22,29)(H,23,25)(H,24,31)(H,26,30)(H,32,33)(H2,27,28,34)/t14-,15-/m0/s1. The van der Waals surface area contributed by atoms with Gasteiger partial charge in [0, 0.05) is 31.3 Å². The molecule has 0 spiro atoms. The first-order valence-electron chi connectivity index (χ1n) is 10.5. The maximum Gasteiger partial charge on any atom is 0.329 e. The van der Waals surface area contributed by atoms with Crippen LogP contribution in [-0.4, -0.2) is 71.8 Å². The smallest absolute Gasteiger partial charge is 0.329 e. The Morgan fingerprint density at radius 3 is 2.32 bits per heavy atom. The molecule has 8 N–H and O–H groups in total. The number of nitrogens with two attached hydrogens (primary N) is 1. The highest BCUT2D eigenvalue weighted by Gasteiger charge is 2.26. The summed E-state index contributed by atoms with van der Waals surface area (Å²) in [4.78, 5) is 65.4. The molecular formula is C20H24FN7O8S. The highest BCUT2D eigenvalue weighted by Crippen LogP contribution is 2.09. The van der Waals surface area contributed by atoms with Crippen LogP contribution in [0.5, 0.6) is 0 Å². The number of benzene rings is 1. The van der Waals surface area contributed by atoms with Gasteiger partial charge in [-0.1, -0.05) is 0 Å². The van der Waals surface area contributed by atoms with Gasteiger partial charge in [-0.05, 0) is 24.3 Å². The van der Waals surface area contributed by atoms with Gasteiger partial charge >= 0.3 is 12.0 Å². The number of H-pyrrole nitrogens is 1. The molecule has 2 aromatic rings. The topological polar surface area (TPSA) is 243 Å². The van der Waals surface area contributed by atoms with E-state index in [1.807, 2.05) is 5.32 Å². The minimum Gasteiger partial charge on any atom is -0.480 e. The largest absolute Gasteiger partial charge is 0.480 e. The molecule has 0 saturated heterocycles. The number of hydrogen-bond acceptors (Lipinski definition) is 8. The zero-order chi connectivity index (χ0) is 27.6. The third kappa shape index (κ3) is 9.55. The van der Waals surface area contributed by atoms with Gasteiger partial charge in [0.2, 0.25) is 17.7 Å². The van der Waals surface area contributed by atoms with Gasteiger partial charge in [-0.2, -0.15) is 0 Å². The molecule has 5 amide bonds. The van der Waals surface area contributed by atoms with Crippen LogP contribution in [0.25, 0.3) is 0 Å². The number of carboxylic acid groups (broad SMARTS) is 1. The van der Waals surface area contributed by atoms with Crippen LogP contribution >= 0.6 is 0 Å². The van der Waals surface area contributed by atoms with Crippen LogP contribution in [0.4, 0.5) is 9.18 Å². The molecule has 2 rings (SSSR count). The summed E-state index contributed by atoms with van der Waals surface area (Å²) in [6, 6.07) is -0.687. The molecule has 0 saturated carbocycles. The number of urea groups is 1. The quantitative estimate of drug-likeness (QED) is 0.149. The number of amides is 5. The lowest BCUT2D eigenvalue weighted by Gasteiger charge is -2.18. The first kappa shape index (κ1) is 28.7. The lowest BCUT2D eigenvalue weighted by atomic mass is 10.1. The Bertz CT molecular complexity index is 1240. The van der Waals surface area contributed by atoms with Gasteiger partial charge in [0.15, 0.2) is 0 Å². The number of carbonyl (C=O) groups is 5. The summed E-state index contributed by atoms with van der Waals surface area (Å²) in [5, 5.41) is 15.8. The second-order valence-corrected chi connectivity index (χ2v) is 9.22. The second kappa shape index (κ2) is 13.0. The van der Waals surface area contributed by atoms with Crippen molar-refractivity contribution >= 4 is 39.7 Å². The highest BCUT2D eigenvalue weighted by molar-refractivity contribution is 7.90. The average Bonchev–Trinajstić information content (AvgIpc) is 3.31. The maximum absolute atomic E-state index is 13.0. The molecule has 0 radical (unpaired) electrons. The van der Waals surface area contributed by atoms with Crippen LogP contribution in [-0.2, 0) is 35.6 Å². The number of aromatic amines is 1. The molecule has 0 aliphatic rings. The fraction of sp³-hybridized carbons (Fsp3) is 0.300. The van der Waals surface area contributed by atoms with Crippen molar-refractivity contribution in [2.24, 2.45) is 5.73 Å². The van der Waals surface area contributed by atoms with Crippen molar-refractivity contribution in [2.45, 2.75) is 36.2 Å². The molecule has 0 fully saturated rings. The highest BCUT2D eigenvalue weighted by atomic mass is 32.2. The van der Waals surface area contributed by atoms with Gasteiger partial charge in [0.25, 0.3) is 10.0 Å². The van der Waals surface area contributed by atoms with Crippen molar-refractivity contribution in [3.63, 3.8) is 0 Å². The summed E-state index contributed by atoms with van der Waals surface area (Å²) >= 11 is 0. The molecule has 2 atom stereocenters. The Labute approximate surface area is 209 Å². The minimum atomic E-state index is -4.43. The zero-order valence-electron chi connectivity index (χ0n) is 19.1. The predicted molar refractivity (Wildman–Crippen MR) is 122 cm³/mol. The summed E-state index contributed by atoms with van der Waals surface area (Å²) in [5.41, 5.74) is 5.56. The van der Waals surface area contributed by atoms with Gasteiger partial charge in [-0.25, -0.2) is 32.1 Å².